The third-order valence-electron chi connectivity index (χ3n) is 5.88. The van der Waals surface area contributed by atoms with Crippen molar-refractivity contribution in [2.45, 2.75) is 25.9 Å². The number of ether oxygens (including phenoxy) is 1. The number of hydrogen-bond acceptors (Lipinski definition) is 6. The van der Waals surface area contributed by atoms with Gasteiger partial charge in [-0.25, -0.2) is 15.0 Å². The van der Waals surface area contributed by atoms with Gasteiger partial charge in [0.05, 0.1) is 32.0 Å². The fraction of sp³-hybridized carbons (Fsp3) is 0.200. The number of carbonyl (C=O) groups excluding carboxylic acids is 1. The van der Waals surface area contributed by atoms with Gasteiger partial charge in [0.15, 0.2) is 11.5 Å². The summed E-state index contributed by atoms with van der Waals surface area (Å²) in [5.74, 6) is 1.13. The molecule has 0 bridgehead atoms. The van der Waals surface area contributed by atoms with Crippen molar-refractivity contribution in [2.75, 3.05) is 12.8 Å². The second-order valence-electron chi connectivity index (χ2n) is 8.25. The normalized spacial score (nSPS) is 11.3. The highest BCUT2D eigenvalue weighted by Gasteiger charge is 2.13. The first kappa shape index (κ1) is 22.7. The average molecular weight is 490 g/mol. The van der Waals surface area contributed by atoms with Crippen molar-refractivity contribution < 1.29 is 9.53 Å². The number of H-pyrrole nitrogens is 1. The Morgan fingerprint density at radius 3 is 2.80 bits per heavy atom. The molecule has 4 N–H and O–H groups in total. The van der Waals surface area contributed by atoms with Gasteiger partial charge in [-0.15, -0.1) is 0 Å². The Hall–Kier alpha value is -4.11. The van der Waals surface area contributed by atoms with E-state index in [1.807, 2.05) is 47.0 Å². The van der Waals surface area contributed by atoms with Crippen molar-refractivity contribution in [2.24, 2.45) is 0 Å². The summed E-state index contributed by atoms with van der Waals surface area (Å²) in [4.78, 5) is 28.5. The molecular weight excluding hydrogens is 466 g/mol. The fourth-order valence-electron chi connectivity index (χ4n) is 4.09. The summed E-state index contributed by atoms with van der Waals surface area (Å²) < 4.78 is 7.07. The second kappa shape index (κ2) is 9.63. The third-order valence-corrected chi connectivity index (χ3v) is 6.09. The Morgan fingerprint density at radius 2 is 2.00 bits per heavy atom. The molecule has 1 amide bonds. The summed E-state index contributed by atoms with van der Waals surface area (Å²) in [6.45, 7) is 0.892. The Balaban J connectivity index is 1.28. The number of nitrogens with zero attached hydrogens (tertiary/aromatic N) is 4. The molecule has 3 heterocycles. The van der Waals surface area contributed by atoms with Crippen LogP contribution in [0.3, 0.4) is 0 Å². The minimum atomic E-state index is -0.0140. The van der Waals surface area contributed by atoms with Crippen molar-refractivity contribution in [3.8, 4) is 5.75 Å². The monoisotopic (exact) mass is 489 g/mol. The summed E-state index contributed by atoms with van der Waals surface area (Å²) >= 11 is 6.40. The van der Waals surface area contributed by atoms with E-state index in [0.717, 1.165) is 33.5 Å². The highest BCUT2D eigenvalue weighted by molar-refractivity contribution is 6.31. The molecule has 0 aliphatic rings. The van der Waals surface area contributed by atoms with Crippen LogP contribution in [-0.4, -0.2) is 37.5 Å². The number of amides is 1. The number of anilines is 1. The van der Waals surface area contributed by atoms with Gasteiger partial charge in [-0.2, -0.15) is 0 Å². The first-order chi connectivity index (χ1) is 17.0. The van der Waals surface area contributed by atoms with Crippen molar-refractivity contribution >= 4 is 45.4 Å². The number of halogens is 1. The van der Waals surface area contributed by atoms with E-state index in [2.05, 4.69) is 25.3 Å². The highest BCUT2D eigenvalue weighted by Crippen LogP contribution is 2.26. The number of benzene rings is 2. The maximum absolute atomic E-state index is 12.4. The van der Waals surface area contributed by atoms with Gasteiger partial charge in [-0.05, 0) is 47.9 Å². The summed E-state index contributed by atoms with van der Waals surface area (Å²) in [7, 11) is 1.63. The van der Waals surface area contributed by atoms with Gasteiger partial charge in [0, 0.05) is 22.5 Å². The van der Waals surface area contributed by atoms with Crippen LogP contribution in [0, 0.1) is 0 Å². The molecule has 2 aromatic carbocycles. The number of rotatable bonds is 8. The maximum Gasteiger partial charge on any atom is 0.220 e. The molecule has 9 nitrogen and oxygen atoms in total. The van der Waals surface area contributed by atoms with E-state index >= 15 is 0 Å². The number of nitrogens with two attached hydrogens (primary N) is 1. The molecule has 0 aliphatic heterocycles. The number of methoxy groups -OCH3 is 1. The lowest BCUT2D eigenvalue weighted by atomic mass is 10.1. The zero-order chi connectivity index (χ0) is 24.4. The van der Waals surface area contributed by atoms with Crippen LogP contribution in [0.4, 0.5) is 5.82 Å². The molecule has 0 unspecified atom stereocenters. The van der Waals surface area contributed by atoms with Crippen molar-refractivity contribution in [3.05, 3.63) is 77.0 Å². The zero-order valence-corrected chi connectivity index (χ0v) is 19.8. The van der Waals surface area contributed by atoms with Crippen LogP contribution in [-0.2, 0) is 24.3 Å². The van der Waals surface area contributed by atoms with E-state index in [-0.39, 0.29) is 5.91 Å². The Labute approximate surface area is 206 Å². The Morgan fingerprint density at radius 1 is 1.17 bits per heavy atom. The van der Waals surface area contributed by atoms with Crippen LogP contribution in [0.1, 0.15) is 23.2 Å². The van der Waals surface area contributed by atoms with Gasteiger partial charge < -0.3 is 25.3 Å². The average Bonchev–Trinajstić information content (AvgIpc) is 3.46. The number of carbonyl (C=O) groups is 1. The van der Waals surface area contributed by atoms with E-state index in [4.69, 9.17) is 22.1 Å². The lowest BCUT2D eigenvalue weighted by molar-refractivity contribution is -0.121. The fourth-order valence-corrected chi connectivity index (χ4v) is 4.34. The zero-order valence-electron chi connectivity index (χ0n) is 19.1. The molecule has 10 heteroatoms. The van der Waals surface area contributed by atoms with Crippen LogP contribution in [0.15, 0.2) is 55.1 Å². The van der Waals surface area contributed by atoms with Gasteiger partial charge in [0.1, 0.15) is 17.6 Å². The summed E-state index contributed by atoms with van der Waals surface area (Å²) in [5, 5.41) is 4.58. The molecule has 0 saturated carbocycles. The molecule has 35 heavy (non-hydrogen) atoms. The minimum Gasteiger partial charge on any atom is -0.497 e. The molecule has 3 aromatic heterocycles. The van der Waals surface area contributed by atoms with E-state index in [1.165, 1.54) is 6.33 Å². The molecular formula is C25H24ClN7O2. The summed E-state index contributed by atoms with van der Waals surface area (Å²) in [5.41, 5.74) is 11.0. The van der Waals surface area contributed by atoms with Crippen LogP contribution in [0.25, 0.3) is 22.1 Å². The number of nitrogens with one attached hydrogen (secondary N) is 2. The predicted octanol–water partition coefficient (Wildman–Crippen LogP) is 3.85. The van der Waals surface area contributed by atoms with E-state index < -0.39 is 0 Å². The maximum atomic E-state index is 12.4. The first-order valence-electron chi connectivity index (χ1n) is 11.1. The van der Waals surface area contributed by atoms with Gasteiger partial charge in [-0.1, -0.05) is 23.7 Å². The minimum absolute atomic E-state index is 0.0140. The Kier molecular flexibility index (Phi) is 6.24. The largest absolute Gasteiger partial charge is 0.497 e. The molecule has 178 valence electrons. The van der Waals surface area contributed by atoms with Crippen LogP contribution in [0.2, 0.25) is 5.02 Å². The van der Waals surface area contributed by atoms with Crippen molar-refractivity contribution in [3.63, 3.8) is 0 Å². The number of aromatic amines is 1. The quantitative estimate of drug-likeness (QED) is 0.304. The molecule has 0 aliphatic carbocycles. The standard InChI is InChI=1S/C25H24ClN7O2/c1-35-20-5-2-15(3-6-20)4-7-21(34)28-11-19-10-16-8-18(26)9-17(22(16)32-19)12-33-14-31-23-24(27)29-13-30-25(23)33/h2-3,5-6,8-10,13-14,32H,4,7,11-12H2,1H3,(H,28,34)(H2,27,29,30). The third kappa shape index (κ3) is 4.90. The van der Waals surface area contributed by atoms with Crippen LogP contribution < -0.4 is 15.8 Å². The second-order valence-corrected chi connectivity index (χ2v) is 8.69. The van der Waals surface area contributed by atoms with E-state index in [9.17, 15) is 4.79 Å². The topological polar surface area (TPSA) is 124 Å². The number of fused-ring (bicyclic) bond motifs is 2. The molecule has 0 atom stereocenters. The summed E-state index contributed by atoms with van der Waals surface area (Å²) in [6, 6.07) is 13.5. The predicted molar refractivity (Wildman–Crippen MR) is 135 cm³/mol. The smallest absolute Gasteiger partial charge is 0.220 e. The van der Waals surface area contributed by atoms with E-state index in [1.54, 1.807) is 13.4 Å². The van der Waals surface area contributed by atoms with Gasteiger partial charge in [-0.3, -0.25) is 4.79 Å². The van der Waals surface area contributed by atoms with Crippen LogP contribution >= 0.6 is 11.6 Å². The number of hydrogen-bond donors (Lipinski definition) is 3. The van der Waals surface area contributed by atoms with E-state index in [0.29, 0.717) is 47.9 Å². The van der Waals surface area contributed by atoms with Gasteiger partial charge in [0.2, 0.25) is 5.91 Å². The van der Waals surface area contributed by atoms with Gasteiger partial charge >= 0.3 is 0 Å². The molecule has 5 aromatic rings. The number of aryl methyl sites for hydroxylation is 1. The molecule has 5 rings (SSSR count). The number of aromatic nitrogens is 5. The first-order valence-corrected chi connectivity index (χ1v) is 11.5. The lowest BCUT2D eigenvalue weighted by Crippen LogP contribution is -2.23. The lowest BCUT2D eigenvalue weighted by Gasteiger charge is -2.07. The molecule has 0 saturated heterocycles. The van der Waals surface area contributed by atoms with Gasteiger partial charge in [0.25, 0.3) is 0 Å². The molecule has 0 fully saturated rings. The molecule has 0 radical (unpaired) electrons. The number of nitrogen functional groups attached to an aromatic ring is 1. The SMILES string of the molecule is COc1ccc(CCC(=O)NCc2cc3cc(Cl)cc(Cn4cnc5c(N)ncnc54)c3[nH]2)cc1. The van der Waals surface area contributed by atoms with Crippen molar-refractivity contribution in [1.29, 1.82) is 0 Å². The van der Waals surface area contributed by atoms with Crippen molar-refractivity contribution in [1.82, 2.24) is 29.8 Å². The summed E-state index contributed by atoms with van der Waals surface area (Å²) in [6.07, 6.45) is 4.18. The number of imidazole rings is 1. The highest BCUT2D eigenvalue weighted by atomic mass is 35.5. The molecule has 0 spiro atoms. The van der Waals surface area contributed by atoms with Crippen LogP contribution in [0.5, 0.6) is 5.75 Å². The Bertz CT molecular complexity index is 1510.